The molecule has 0 aromatic carbocycles. The molecule has 2 nitrogen and oxygen atoms in total. The van der Waals surface area contributed by atoms with Crippen molar-refractivity contribution in [2.45, 2.75) is 58.9 Å². The molecule has 1 rings (SSSR count). The summed E-state index contributed by atoms with van der Waals surface area (Å²) in [5, 5.41) is 3.31. The van der Waals surface area contributed by atoms with Gasteiger partial charge in [-0.15, -0.1) is 0 Å². The molecule has 0 spiro atoms. The maximum atomic E-state index is 3.31. The van der Waals surface area contributed by atoms with Crippen LogP contribution in [0.1, 0.15) is 52.9 Å². The summed E-state index contributed by atoms with van der Waals surface area (Å²) in [7, 11) is 2.06. The quantitative estimate of drug-likeness (QED) is 0.767. The zero-order valence-corrected chi connectivity index (χ0v) is 12.3. The first-order chi connectivity index (χ1) is 8.19. The van der Waals surface area contributed by atoms with Crippen LogP contribution < -0.4 is 5.32 Å². The first kappa shape index (κ1) is 15.0. The van der Waals surface area contributed by atoms with Gasteiger partial charge in [0.1, 0.15) is 0 Å². The van der Waals surface area contributed by atoms with E-state index >= 15 is 0 Å². The molecule has 0 radical (unpaired) electrons. The predicted molar refractivity (Wildman–Crippen MR) is 76.4 cm³/mol. The normalized spacial score (nSPS) is 26.5. The molecule has 1 N–H and O–H groups in total. The fourth-order valence-electron chi connectivity index (χ4n) is 3.14. The zero-order valence-electron chi connectivity index (χ0n) is 12.3. The molecule has 0 aromatic rings. The molecular weight excluding hydrogens is 208 g/mol. The molecule has 0 aromatic heterocycles. The van der Waals surface area contributed by atoms with Crippen LogP contribution in [0, 0.1) is 11.8 Å². The van der Waals surface area contributed by atoms with E-state index in [0.717, 1.165) is 24.4 Å². The SMILES string of the molecule is CCCC1CCCN(C(C)C(C)CNC)CC1. The van der Waals surface area contributed by atoms with Gasteiger partial charge in [-0.25, -0.2) is 0 Å². The highest BCUT2D eigenvalue weighted by atomic mass is 15.2. The molecule has 102 valence electrons. The highest BCUT2D eigenvalue weighted by Gasteiger charge is 2.23. The van der Waals surface area contributed by atoms with Crippen LogP contribution in [-0.4, -0.2) is 37.6 Å². The Kier molecular flexibility index (Phi) is 7.14. The molecule has 1 heterocycles. The maximum absolute atomic E-state index is 3.31. The van der Waals surface area contributed by atoms with Gasteiger partial charge in [0, 0.05) is 6.04 Å². The molecule has 0 bridgehead atoms. The van der Waals surface area contributed by atoms with E-state index in [1.165, 1.54) is 45.2 Å². The van der Waals surface area contributed by atoms with Gasteiger partial charge in [0.2, 0.25) is 0 Å². The molecule has 1 fully saturated rings. The maximum Gasteiger partial charge on any atom is 0.0105 e. The molecule has 17 heavy (non-hydrogen) atoms. The Hall–Kier alpha value is -0.0800. The highest BCUT2D eigenvalue weighted by molar-refractivity contribution is 4.78. The van der Waals surface area contributed by atoms with Gasteiger partial charge in [-0.05, 0) is 64.7 Å². The summed E-state index contributed by atoms with van der Waals surface area (Å²) in [4.78, 5) is 2.72. The lowest BCUT2D eigenvalue weighted by Gasteiger charge is -2.32. The number of nitrogens with zero attached hydrogens (tertiary/aromatic N) is 1. The predicted octanol–water partition coefficient (Wildman–Crippen LogP) is 3.13. The second-order valence-corrected chi connectivity index (χ2v) is 5.90. The van der Waals surface area contributed by atoms with E-state index in [1.807, 2.05) is 0 Å². The average molecular weight is 240 g/mol. The second-order valence-electron chi connectivity index (χ2n) is 5.90. The van der Waals surface area contributed by atoms with E-state index in [0.29, 0.717) is 0 Å². The Morgan fingerprint density at radius 2 is 2.00 bits per heavy atom. The van der Waals surface area contributed by atoms with Crippen molar-refractivity contribution in [2.75, 3.05) is 26.7 Å². The van der Waals surface area contributed by atoms with Crippen molar-refractivity contribution in [3.8, 4) is 0 Å². The first-order valence-electron chi connectivity index (χ1n) is 7.57. The van der Waals surface area contributed by atoms with Gasteiger partial charge in [-0.3, -0.25) is 0 Å². The third-order valence-electron chi connectivity index (χ3n) is 4.50. The Bertz CT molecular complexity index is 193. The third kappa shape index (κ3) is 4.97. The van der Waals surface area contributed by atoms with Crippen LogP contribution in [-0.2, 0) is 0 Å². The van der Waals surface area contributed by atoms with Crippen molar-refractivity contribution in [3.05, 3.63) is 0 Å². The Morgan fingerprint density at radius 1 is 1.24 bits per heavy atom. The van der Waals surface area contributed by atoms with E-state index in [1.54, 1.807) is 0 Å². The van der Waals surface area contributed by atoms with Crippen LogP contribution >= 0.6 is 0 Å². The summed E-state index contributed by atoms with van der Waals surface area (Å²) in [6.45, 7) is 10.9. The molecule has 1 aliphatic heterocycles. The van der Waals surface area contributed by atoms with Gasteiger partial charge in [0.05, 0.1) is 0 Å². The summed E-state index contributed by atoms with van der Waals surface area (Å²) in [5.41, 5.74) is 0. The molecule has 3 unspecified atom stereocenters. The van der Waals surface area contributed by atoms with Gasteiger partial charge in [0.15, 0.2) is 0 Å². The van der Waals surface area contributed by atoms with Gasteiger partial charge >= 0.3 is 0 Å². The average Bonchev–Trinajstić information content (AvgIpc) is 2.54. The lowest BCUT2D eigenvalue weighted by Crippen LogP contribution is -2.41. The van der Waals surface area contributed by atoms with Gasteiger partial charge in [0.25, 0.3) is 0 Å². The van der Waals surface area contributed by atoms with E-state index in [4.69, 9.17) is 0 Å². The molecular formula is C15H32N2. The topological polar surface area (TPSA) is 15.3 Å². The molecule has 0 aliphatic carbocycles. The van der Waals surface area contributed by atoms with Crippen molar-refractivity contribution >= 4 is 0 Å². The zero-order chi connectivity index (χ0) is 12.7. The highest BCUT2D eigenvalue weighted by Crippen LogP contribution is 2.24. The minimum absolute atomic E-state index is 0.725. The Balaban J connectivity index is 2.39. The summed E-state index contributed by atoms with van der Waals surface area (Å²) in [6.07, 6.45) is 7.08. The smallest absolute Gasteiger partial charge is 0.0105 e. The van der Waals surface area contributed by atoms with E-state index in [2.05, 4.69) is 38.0 Å². The van der Waals surface area contributed by atoms with Gasteiger partial charge < -0.3 is 10.2 Å². The van der Waals surface area contributed by atoms with Crippen LogP contribution in [0.3, 0.4) is 0 Å². The van der Waals surface area contributed by atoms with E-state index in [9.17, 15) is 0 Å². The third-order valence-corrected chi connectivity index (χ3v) is 4.50. The molecule has 1 aliphatic rings. The summed E-state index contributed by atoms with van der Waals surface area (Å²) < 4.78 is 0. The van der Waals surface area contributed by atoms with Crippen molar-refractivity contribution in [3.63, 3.8) is 0 Å². The number of hydrogen-bond donors (Lipinski definition) is 1. The Labute approximate surface area is 108 Å². The number of likely N-dealkylation sites (tertiary alicyclic amines) is 1. The van der Waals surface area contributed by atoms with Crippen LogP contribution in [0.5, 0.6) is 0 Å². The standard InChI is InChI=1S/C15H32N2/c1-5-7-15-8-6-10-17(11-9-15)14(3)13(2)12-16-4/h13-16H,5-12H2,1-4H3. The lowest BCUT2D eigenvalue weighted by atomic mass is 9.96. The van der Waals surface area contributed by atoms with Crippen molar-refractivity contribution < 1.29 is 0 Å². The van der Waals surface area contributed by atoms with Crippen LogP contribution in [0.15, 0.2) is 0 Å². The number of hydrogen-bond acceptors (Lipinski definition) is 2. The summed E-state index contributed by atoms with van der Waals surface area (Å²) >= 11 is 0. The Morgan fingerprint density at radius 3 is 2.65 bits per heavy atom. The van der Waals surface area contributed by atoms with E-state index < -0.39 is 0 Å². The van der Waals surface area contributed by atoms with Crippen molar-refractivity contribution in [2.24, 2.45) is 11.8 Å². The molecule has 0 saturated carbocycles. The van der Waals surface area contributed by atoms with Gasteiger partial charge in [-0.1, -0.05) is 26.7 Å². The molecule has 0 amide bonds. The molecule has 2 heteroatoms. The van der Waals surface area contributed by atoms with Gasteiger partial charge in [-0.2, -0.15) is 0 Å². The van der Waals surface area contributed by atoms with Crippen LogP contribution in [0.25, 0.3) is 0 Å². The summed E-state index contributed by atoms with van der Waals surface area (Å²) in [6, 6.07) is 0.725. The number of nitrogens with one attached hydrogen (secondary N) is 1. The van der Waals surface area contributed by atoms with Crippen molar-refractivity contribution in [1.82, 2.24) is 10.2 Å². The summed E-state index contributed by atoms with van der Waals surface area (Å²) in [5.74, 6) is 1.75. The van der Waals surface area contributed by atoms with Crippen LogP contribution in [0.2, 0.25) is 0 Å². The van der Waals surface area contributed by atoms with E-state index in [-0.39, 0.29) is 0 Å². The number of rotatable bonds is 6. The first-order valence-corrected chi connectivity index (χ1v) is 7.57. The fourth-order valence-corrected chi connectivity index (χ4v) is 3.14. The largest absolute Gasteiger partial charge is 0.319 e. The van der Waals surface area contributed by atoms with Crippen molar-refractivity contribution in [1.29, 1.82) is 0 Å². The van der Waals surface area contributed by atoms with Crippen LogP contribution in [0.4, 0.5) is 0 Å². The molecule has 3 atom stereocenters. The minimum Gasteiger partial charge on any atom is -0.319 e. The minimum atomic E-state index is 0.725. The monoisotopic (exact) mass is 240 g/mol. The molecule has 1 saturated heterocycles. The fraction of sp³-hybridized carbons (Fsp3) is 1.00. The second kappa shape index (κ2) is 8.10. The lowest BCUT2D eigenvalue weighted by molar-refractivity contribution is 0.164.